The maximum Gasteiger partial charge on any atom is 0.239 e. The number of rotatable bonds is 7. The normalized spacial score (nSPS) is 10.2. The molecule has 0 radical (unpaired) electrons. The van der Waals surface area contributed by atoms with E-state index in [9.17, 15) is 4.79 Å². The van der Waals surface area contributed by atoms with Crippen molar-refractivity contribution in [3.8, 4) is 5.88 Å². The van der Waals surface area contributed by atoms with Crippen LogP contribution in [-0.4, -0.2) is 30.1 Å². The van der Waals surface area contributed by atoms with Crippen LogP contribution >= 0.6 is 0 Å². The van der Waals surface area contributed by atoms with Crippen molar-refractivity contribution in [2.24, 2.45) is 0 Å². The molecule has 1 heterocycles. The minimum Gasteiger partial charge on any atom is -0.473 e. The van der Waals surface area contributed by atoms with E-state index in [2.05, 4.69) is 15.6 Å². The van der Waals surface area contributed by atoms with Gasteiger partial charge < -0.3 is 15.4 Å². The summed E-state index contributed by atoms with van der Waals surface area (Å²) >= 11 is 0. The van der Waals surface area contributed by atoms with Crippen LogP contribution in [0.25, 0.3) is 0 Å². The first kappa shape index (κ1) is 14.3. The second kappa shape index (κ2) is 7.53. The third kappa shape index (κ3) is 5.03. The Kier molecular flexibility index (Phi) is 5.97. The van der Waals surface area contributed by atoms with Gasteiger partial charge in [-0.2, -0.15) is 0 Å². The standard InChI is InChI=1S/C13H21N3O2/c1-4-7-14-12(17)9-16-11-6-5-8-15-13(11)18-10(2)3/h5-6,8,10,16H,4,7,9H2,1-3H3,(H,14,17). The van der Waals surface area contributed by atoms with Gasteiger partial charge in [-0.25, -0.2) is 4.98 Å². The van der Waals surface area contributed by atoms with E-state index in [1.165, 1.54) is 0 Å². The Morgan fingerprint density at radius 1 is 1.50 bits per heavy atom. The van der Waals surface area contributed by atoms with Crippen LogP contribution < -0.4 is 15.4 Å². The van der Waals surface area contributed by atoms with Gasteiger partial charge >= 0.3 is 0 Å². The number of pyridine rings is 1. The van der Waals surface area contributed by atoms with Crippen LogP contribution in [0.5, 0.6) is 5.88 Å². The summed E-state index contributed by atoms with van der Waals surface area (Å²) in [4.78, 5) is 15.6. The van der Waals surface area contributed by atoms with Crippen LogP contribution in [0.2, 0.25) is 0 Å². The van der Waals surface area contributed by atoms with Crippen molar-refractivity contribution in [3.63, 3.8) is 0 Å². The summed E-state index contributed by atoms with van der Waals surface area (Å²) < 4.78 is 5.55. The van der Waals surface area contributed by atoms with E-state index in [-0.39, 0.29) is 18.6 Å². The number of aromatic nitrogens is 1. The molecule has 0 aliphatic rings. The van der Waals surface area contributed by atoms with Gasteiger partial charge in [0.15, 0.2) is 0 Å². The molecule has 0 aliphatic heterocycles. The predicted octanol–water partition coefficient (Wildman–Crippen LogP) is 1.81. The summed E-state index contributed by atoms with van der Waals surface area (Å²) in [6.07, 6.45) is 2.65. The van der Waals surface area contributed by atoms with Crippen molar-refractivity contribution >= 4 is 11.6 Å². The highest BCUT2D eigenvalue weighted by Gasteiger charge is 2.07. The molecule has 1 aromatic rings. The van der Waals surface area contributed by atoms with Gasteiger partial charge in [0.05, 0.1) is 18.3 Å². The number of amides is 1. The quantitative estimate of drug-likeness (QED) is 0.775. The highest BCUT2D eigenvalue weighted by molar-refractivity contribution is 5.81. The van der Waals surface area contributed by atoms with Gasteiger partial charge in [0.1, 0.15) is 0 Å². The average molecular weight is 251 g/mol. The largest absolute Gasteiger partial charge is 0.473 e. The Hall–Kier alpha value is -1.78. The van der Waals surface area contributed by atoms with Crippen molar-refractivity contribution in [1.29, 1.82) is 0 Å². The number of carbonyl (C=O) groups is 1. The molecule has 0 fully saturated rings. The highest BCUT2D eigenvalue weighted by atomic mass is 16.5. The molecule has 0 saturated heterocycles. The van der Waals surface area contributed by atoms with Gasteiger partial charge in [0.2, 0.25) is 11.8 Å². The maximum atomic E-state index is 11.5. The molecule has 0 saturated carbocycles. The first-order valence-electron chi connectivity index (χ1n) is 6.25. The molecular weight excluding hydrogens is 230 g/mol. The van der Waals surface area contributed by atoms with Crippen molar-refractivity contribution in [2.45, 2.75) is 33.3 Å². The van der Waals surface area contributed by atoms with Gasteiger partial charge in [-0.3, -0.25) is 4.79 Å². The van der Waals surface area contributed by atoms with Crippen LogP contribution in [0.15, 0.2) is 18.3 Å². The van der Waals surface area contributed by atoms with E-state index >= 15 is 0 Å². The zero-order chi connectivity index (χ0) is 13.4. The number of ether oxygens (including phenoxy) is 1. The molecule has 100 valence electrons. The number of nitrogens with zero attached hydrogens (tertiary/aromatic N) is 1. The summed E-state index contributed by atoms with van der Waals surface area (Å²) in [7, 11) is 0. The Bertz CT molecular complexity index is 380. The van der Waals surface area contributed by atoms with Gasteiger partial charge in [0, 0.05) is 12.7 Å². The van der Waals surface area contributed by atoms with Crippen LogP contribution in [-0.2, 0) is 4.79 Å². The molecule has 0 aliphatic carbocycles. The summed E-state index contributed by atoms with van der Waals surface area (Å²) in [6, 6.07) is 3.65. The summed E-state index contributed by atoms with van der Waals surface area (Å²) in [5, 5.41) is 5.83. The highest BCUT2D eigenvalue weighted by Crippen LogP contribution is 2.21. The minimum absolute atomic E-state index is 0.0313. The zero-order valence-electron chi connectivity index (χ0n) is 11.2. The summed E-state index contributed by atoms with van der Waals surface area (Å²) in [5.74, 6) is 0.493. The lowest BCUT2D eigenvalue weighted by molar-refractivity contribution is -0.119. The third-order valence-corrected chi connectivity index (χ3v) is 2.13. The second-order valence-electron chi connectivity index (χ2n) is 4.23. The lowest BCUT2D eigenvalue weighted by Gasteiger charge is -2.13. The molecule has 0 aromatic carbocycles. The molecule has 0 atom stereocenters. The molecular formula is C13H21N3O2. The van der Waals surface area contributed by atoms with Crippen LogP contribution in [0, 0.1) is 0 Å². The first-order valence-corrected chi connectivity index (χ1v) is 6.25. The number of hydrogen-bond acceptors (Lipinski definition) is 4. The molecule has 5 nitrogen and oxygen atoms in total. The molecule has 18 heavy (non-hydrogen) atoms. The van der Waals surface area contributed by atoms with Crippen molar-refractivity contribution in [1.82, 2.24) is 10.3 Å². The fraction of sp³-hybridized carbons (Fsp3) is 0.538. The Labute approximate surface area is 108 Å². The van der Waals surface area contributed by atoms with Crippen LogP contribution in [0.4, 0.5) is 5.69 Å². The van der Waals surface area contributed by atoms with E-state index in [0.29, 0.717) is 12.4 Å². The second-order valence-corrected chi connectivity index (χ2v) is 4.23. The van der Waals surface area contributed by atoms with Crippen LogP contribution in [0.3, 0.4) is 0 Å². The topological polar surface area (TPSA) is 63.2 Å². The molecule has 2 N–H and O–H groups in total. The van der Waals surface area contributed by atoms with Gasteiger partial charge in [-0.15, -0.1) is 0 Å². The lowest BCUT2D eigenvalue weighted by atomic mass is 10.3. The fourth-order valence-corrected chi connectivity index (χ4v) is 1.34. The monoisotopic (exact) mass is 251 g/mol. The summed E-state index contributed by atoms with van der Waals surface area (Å²) in [5.41, 5.74) is 0.734. The van der Waals surface area contributed by atoms with E-state index < -0.39 is 0 Å². The molecule has 0 unspecified atom stereocenters. The smallest absolute Gasteiger partial charge is 0.239 e. The van der Waals surface area contributed by atoms with Crippen molar-refractivity contribution in [2.75, 3.05) is 18.4 Å². The van der Waals surface area contributed by atoms with E-state index in [4.69, 9.17) is 4.74 Å². The van der Waals surface area contributed by atoms with Crippen molar-refractivity contribution in [3.05, 3.63) is 18.3 Å². The SMILES string of the molecule is CCCNC(=O)CNc1cccnc1OC(C)C. The van der Waals surface area contributed by atoms with E-state index in [1.54, 1.807) is 12.3 Å². The lowest BCUT2D eigenvalue weighted by Crippen LogP contribution is -2.30. The Morgan fingerprint density at radius 2 is 2.28 bits per heavy atom. The molecule has 0 spiro atoms. The molecule has 1 rings (SSSR count). The fourth-order valence-electron chi connectivity index (χ4n) is 1.34. The Morgan fingerprint density at radius 3 is 2.94 bits per heavy atom. The third-order valence-electron chi connectivity index (χ3n) is 2.13. The number of nitrogens with one attached hydrogen (secondary N) is 2. The predicted molar refractivity (Wildman–Crippen MR) is 71.8 cm³/mol. The van der Waals surface area contributed by atoms with E-state index in [0.717, 1.165) is 12.1 Å². The van der Waals surface area contributed by atoms with Gasteiger partial charge in [-0.05, 0) is 32.4 Å². The minimum atomic E-state index is -0.0313. The van der Waals surface area contributed by atoms with Crippen molar-refractivity contribution < 1.29 is 9.53 Å². The molecule has 1 aromatic heterocycles. The molecule has 1 amide bonds. The molecule has 0 bridgehead atoms. The van der Waals surface area contributed by atoms with Gasteiger partial charge in [0.25, 0.3) is 0 Å². The molecule has 5 heteroatoms. The van der Waals surface area contributed by atoms with Gasteiger partial charge in [-0.1, -0.05) is 6.92 Å². The van der Waals surface area contributed by atoms with Crippen LogP contribution in [0.1, 0.15) is 27.2 Å². The number of carbonyl (C=O) groups excluding carboxylic acids is 1. The number of hydrogen-bond donors (Lipinski definition) is 2. The zero-order valence-corrected chi connectivity index (χ0v) is 11.2. The summed E-state index contributed by atoms with van der Waals surface area (Å²) in [6.45, 7) is 6.81. The average Bonchev–Trinajstić information content (AvgIpc) is 2.34. The maximum absolute atomic E-state index is 11.5. The number of anilines is 1. The Balaban J connectivity index is 2.53. The first-order chi connectivity index (χ1) is 8.63. The van der Waals surface area contributed by atoms with E-state index in [1.807, 2.05) is 26.8 Å².